The molecule has 3 aromatic carbocycles. The van der Waals surface area contributed by atoms with Gasteiger partial charge in [-0.1, -0.05) is 12.1 Å². The number of ether oxygens (including phenoxy) is 1. The highest BCUT2D eigenvalue weighted by Crippen LogP contribution is 2.42. The fourth-order valence-electron chi connectivity index (χ4n) is 3.50. The first-order valence-electron chi connectivity index (χ1n) is 10.4. The van der Waals surface area contributed by atoms with Gasteiger partial charge in [0.15, 0.2) is 23.0 Å². The number of phenolic OH excluding ortho intramolecular Hbond substituents is 6. The summed E-state index contributed by atoms with van der Waals surface area (Å²) < 4.78 is 5.62. The molecule has 11 heteroatoms. The molecule has 0 saturated carbocycles. The van der Waals surface area contributed by atoms with Crippen molar-refractivity contribution in [3.8, 4) is 40.2 Å². The van der Waals surface area contributed by atoms with Crippen LogP contribution in [0.5, 0.6) is 40.2 Å². The molecule has 1 aliphatic rings. The lowest BCUT2D eigenvalue weighted by atomic mass is 9.94. The first kappa shape index (κ1) is 25.3. The summed E-state index contributed by atoms with van der Waals surface area (Å²) in [6.45, 7) is 0. The molecule has 0 saturated heterocycles. The maximum Gasteiger partial charge on any atom is 0.320 e. The number of benzene rings is 3. The van der Waals surface area contributed by atoms with E-state index in [4.69, 9.17) is 25.8 Å². The van der Waals surface area contributed by atoms with E-state index >= 15 is 0 Å². The summed E-state index contributed by atoms with van der Waals surface area (Å²) in [5.41, 5.74) is 6.75. The minimum Gasteiger partial charge on any atom is -0.508 e. The van der Waals surface area contributed by atoms with Crippen LogP contribution < -0.4 is 10.5 Å². The highest BCUT2D eigenvalue weighted by atomic mass is 16.5. The van der Waals surface area contributed by atoms with Gasteiger partial charge in [-0.15, -0.1) is 0 Å². The summed E-state index contributed by atoms with van der Waals surface area (Å²) in [7, 11) is 0. The average Bonchev–Trinajstić information content (AvgIpc) is 2.79. The Hall–Kier alpha value is -4.35. The zero-order chi connectivity index (χ0) is 25.9. The fourth-order valence-corrected chi connectivity index (χ4v) is 3.50. The van der Waals surface area contributed by atoms with Gasteiger partial charge in [0.2, 0.25) is 0 Å². The third-order valence-electron chi connectivity index (χ3n) is 5.33. The second-order valence-corrected chi connectivity index (χ2v) is 7.97. The van der Waals surface area contributed by atoms with Crippen molar-refractivity contribution in [2.24, 2.45) is 5.73 Å². The number of aliphatic hydroxyl groups is 1. The van der Waals surface area contributed by atoms with E-state index in [0.29, 0.717) is 16.7 Å². The van der Waals surface area contributed by atoms with Gasteiger partial charge < -0.3 is 51.3 Å². The zero-order valence-corrected chi connectivity index (χ0v) is 18.2. The van der Waals surface area contributed by atoms with Gasteiger partial charge in [-0.05, 0) is 41.8 Å². The van der Waals surface area contributed by atoms with Gasteiger partial charge in [0, 0.05) is 24.1 Å². The quantitative estimate of drug-likeness (QED) is 0.241. The second kappa shape index (κ2) is 10.3. The van der Waals surface area contributed by atoms with E-state index in [0.717, 1.165) is 0 Å². The van der Waals surface area contributed by atoms with Gasteiger partial charge in [-0.3, -0.25) is 4.79 Å². The predicted molar refractivity (Wildman–Crippen MR) is 122 cm³/mol. The van der Waals surface area contributed by atoms with Crippen LogP contribution in [0.4, 0.5) is 0 Å². The topological polar surface area (TPSA) is 214 Å². The minimum absolute atomic E-state index is 0.114. The Labute approximate surface area is 199 Å². The highest BCUT2D eigenvalue weighted by molar-refractivity contribution is 5.73. The van der Waals surface area contributed by atoms with Gasteiger partial charge >= 0.3 is 5.97 Å². The molecule has 10 N–H and O–H groups in total. The molecule has 0 aliphatic carbocycles. The molecule has 0 bridgehead atoms. The number of fused-ring (bicyclic) bond motifs is 1. The van der Waals surface area contributed by atoms with E-state index in [1.807, 2.05) is 0 Å². The van der Waals surface area contributed by atoms with Gasteiger partial charge in [0.1, 0.15) is 29.4 Å². The normalized spacial score (nSPS) is 17.3. The summed E-state index contributed by atoms with van der Waals surface area (Å²) in [5, 5.41) is 74.9. The largest absolute Gasteiger partial charge is 0.508 e. The molecule has 35 heavy (non-hydrogen) atoms. The number of phenols is 6. The summed E-state index contributed by atoms with van der Waals surface area (Å²) in [6, 6.07) is 9.76. The minimum atomic E-state index is -1.10. The number of carboxylic acid groups (broad SMARTS) is 1. The predicted octanol–water partition coefficient (Wildman–Crippen LogP) is 1.60. The third-order valence-corrected chi connectivity index (χ3v) is 5.33. The molecule has 3 atom stereocenters. The first-order chi connectivity index (χ1) is 16.5. The van der Waals surface area contributed by atoms with E-state index in [-0.39, 0.29) is 53.1 Å². The summed E-state index contributed by atoms with van der Waals surface area (Å²) in [5.74, 6) is -2.20. The van der Waals surface area contributed by atoms with Gasteiger partial charge in [0.25, 0.3) is 0 Å². The number of nitrogens with two attached hydrogens (primary N) is 1. The molecular formula is C24H25NO10. The van der Waals surface area contributed by atoms with Crippen LogP contribution in [0.3, 0.4) is 0 Å². The smallest absolute Gasteiger partial charge is 0.320 e. The van der Waals surface area contributed by atoms with E-state index in [9.17, 15) is 30.3 Å². The number of aliphatic carboxylic acids is 1. The molecular weight excluding hydrogens is 462 g/mol. The highest BCUT2D eigenvalue weighted by Gasteiger charge is 2.32. The number of aliphatic hydroxyl groups excluding tert-OH is 1. The Balaban J connectivity index is 0.000000214. The van der Waals surface area contributed by atoms with Crippen molar-refractivity contribution in [3.63, 3.8) is 0 Å². The van der Waals surface area contributed by atoms with Crippen LogP contribution in [0.15, 0.2) is 48.5 Å². The van der Waals surface area contributed by atoms with Crippen LogP contribution in [-0.2, 0) is 17.6 Å². The van der Waals surface area contributed by atoms with Crippen molar-refractivity contribution in [3.05, 3.63) is 65.2 Å². The lowest BCUT2D eigenvalue weighted by Gasteiger charge is -2.31. The number of carbonyl (C=O) groups is 1. The van der Waals surface area contributed by atoms with Crippen molar-refractivity contribution < 1.29 is 50.4 Å². The molecule has 0 amide bonds. The van der Waals surface area contributed by atoms with Crippen molar-refractivity contribution in [2.45, 2.75) is 31.1 Å². The van der Waals surface area contributed by atoms with E-state index < -0.39 is 24.2 Å². The fraction of sp³-hybridized carbons (Fsp3) is 0.208. The average molecular weight is 487 g/mol. The van der Waals surface area contributed by atoms with Crippen LogP contribution in [0, 0.1) is 0 Å². The van der Waals surface area contributed by atoms with Gasteiger partial charge in [-0.25, -0.2) is 0 Å². The molecule has 0 spiro atoms. The van der Waals surface area contributed by atoms with Crippen LogP contribution in [0.2, 0.25) is 0 Å². The lowest BCUT2D eigenvalue weighted by molar-refractivity contribution is -0.138. The molecule has 4 rings (SSSR count). The van der Waals surface area contributed by atoms with E-state index in [1.54, 1.807) is 0 Å². The Bertz CT molecular complexity index is 1230. The lowest BCUT2D eigenvalue weighted by Crippen LogP contribution is -2.32. The van der Waals surface area contributed by atoms with Crippen LogP contribution in [-0.4, -0.2) is 59.0 Å². The summed E-state index contributed by atoms with van der Waals surface area (Å²) >= 11 is 0. The van der Waals surface area contributed by atoms with Crippen molar-refractivity contribution in [1.82, 2.24) is 0 Å². The van der Waals surface area contributed by atoms with Crippen LogP contribution >= 0.6 is 0 Å². The number of hydrogen-bond donors (Lipinski definition) is 9. The van der Waals surface area contributed by atoms with E-state index in [1.165, 1.54) is 48.5 Å². The van der Waals surface area contributed by atoms with Gasteiger partial charge in [-0.2, -0.15) is 0 Å². The molecule has 3 aromatic rings. The standard InChI is InChI=1S/C15H14O6.C9H11NO4/c16-8-4-11(18)9-6-13(20)15(21-14(9)5-8)7-1-2-10(17)12(19)3-7;10-6(9(13)14)3-5-1-2-7(11)8(12)4-5/h1-5,13,15-20H,6H2;1-2,4,6,11-12H,3,10H2,(H,13,14)/t13-,15+;/m0./s1. The molecule has 0 fully saturated rings. The van der Waals surface area contributed by atoms with Crippen molar-refractivity contribution in [1.29, 1.82) is 0 Å². The zero-order valence-electron chi connectivity index (χ0n) is 18.2. The summed E-state index contributed by atoms with van der Waals surface area (Å²) in [4.78, 5) is 10.4. The Morgan fingerprint density at radius 2 is 1.51 bits per heavy atom. The van der Waals surface area contributed by atoms with Gasteiger partial charge in [0.05, 0.1) is 6.10 Å². The molecule has 0 radical (unpaired) electrons. The summed E-state index contributed by atoms with van der Waals surface area (Å²) in [6.07, 6.45) is -1.45. The maximum atomic E-state index is 10.4. The molecule has 1 aliphatic heterocycles. The second-order valence-electron chi connectivity index (χ2n) is 7.97. The molecule has 1 heterocycles. The Morgan fingerprint density at radius 3 is 2.11 bits per heavy atom. The van der Waals surface area contributed by atoms with Crippen molar-refractivity contribution >= 4 is 5.97 Å². The molecule has 0 aromatic heterocycles. The Morgan fingerprint density at radius 1 is 0.886 bits per heavy atom. The number of carboxylic acids is 1. The third kappa shape index (κ3) is 5.96. The Kier molecular flexibility index (Phi) is 7.43. The number of aromatic hydroxyl groups is 6. The van der Waals surface area contributed by atoms with Crippen LogP contribution in [0.25, 0.3) is 0 Å². The monoisotopic (exact) mass is 487 g/mol. The van der Waals surface area contributed by atoms with Crippen molar-refractivity contribution in [2.75, 3.05) is 0 Å². The molecule has 1 unspecified atom stereocenters. The number of rotatable bonds is 4. The SMILES string of the molecule is NC(Cc1ccc(O)c(O)c1)C(=O)O.Oc1cc(O)c2c(c1)O[C@H](c1ccc(O)c(O)c1)[C@@H](O)C2. The van der Waals surface area contributed by atoms with E-state index in [2.05, 4.69) is 0 Å². The molecule has 186 valence electrons. The number of hydrogen-bond acceptors (Lipinski definition) is 10. The first-order valence-corrected chi connectivity index (χ1v) is 10.4. The van der Waals surface area contributed by atoms with Crippen LogP contribution in [0.1, 0.15) is 22.8 Å². The molecule has 11 nitrogen and oxygen atoms in total. The maximum absolute atomic E-state index is 10.4.